The summed E-state index contributed by atoms with van der Waals surface area (Å²) in [6, 6.07) is 12.8. The summed E-state index contributed by atoms with van der Waals surface area (Å²) in [5, 5.41) is 2.45. The molecule has 4 nitrogen and oxygen atoms in total. The predicted octanol–water partition coefficient (Wildman–Crippen LogP) is 5.04. The molecule has 140 valence electrons. The van der Waals surface area contributed by atoms with Crippen molar-refractivity contribution in [1.82, 2.24) is 4.90 Å². The fraction of sp³-hybridized carbons (Fsp3) is 0.500. The first-order chi connectivity index (χ1) is 12.3. The van der Waals surface area contributed by atoms with E-state index in [0.717, 1.165) is 38.1 Å². The van der Waals surface area contributed by atoms with E-state index in [4.69, 9.17) is 9.47 Å². The molecule has 1 heterocycles. The molecule has 0 bridgehead atoms. The third-order valence-electron chi connectivity index (χ3n) is 4.90. The summed E-state index contributed by atoms with van der Waals surface area (Å²) in [4.78, 5) is 14.0. The first kappa shape index (κ1) is 18.6. The Morgan fingerprint density at radius 1 is 1.08 bits per heavy atom. The zero-order chi connectivity index (χ0) is 18.7. The highest BCUT2D eigenvalue weighted by atomic mass is 16.6. The number of amides is 1. The highest BCUT2D eigenvalue weighted by Gasteiger charge is 2.26. The molecule has 0 unspecified atom stereocenters. The van der Waals surface area contributed by atoms with Crippen molar-refractivity contribution in [1.29, 1.82) is 0 Å². The van der Waals surface area contributed by atoms with E-state index in [1.807, 2.05) is 31.7 Å². The molecule has 2 aromatic rings. The highest BCUT2D eigenvalue weighted by molar-refractivity contribution is 5.84. The molecule has 1 fully saturated rings. The van der Waals surface area contributed by atoms with Gasteiger partial charge in [0.25, 0.3) is 0 Å². The second-order valence-corrected chi connectivity index (χ2v) is 8.16. The Hall–Kier alpha value is -2.23. The summed E-state index contributed by atoms with van der Waals surface area (Å²) < 4.78 is 10.8. The third kappa shape index (κ3) is 4.69. The fourth-order valence-corrected chi connectivity index (χ4v) is 3.51. The van der Waals surface area contributed by atoms with Crippen molar-refractivity contribution >= 4 is 16.9 Å². The molecule has 0 spiro atoms. The van der Waals surface area contributed by atoms with Gasteiger partial charge in [0.05, 0.1) is 7.11 Å². The number of fused-ring (bicyclic) bond motifs is 1. The van der Waals surface area contributed by atoms with Crippen LogP contribution >= 0.6 is 0 Å². The van der Waals surface area contributed by atoms with E-state index in [0.29, 0.717) is 5.92 Å². The van der Waals surface area contributed by atoms with Gasteiger partial charge in [0.2, 0.25) is 0 Å². The maximum Gasteiger partial charge on any atom is 0.410 e. The van der Waals surface area contributed by atoms with Crippen molar-refractivity contribution < 1.29 is 14.3 Å². The Morgan fingerprint density at radius 2 is 1.73 bits per heavy atom. The zero-order valence-corrected chi connectivity index (χ0v) is 16.2. The van der Waals surface area contributed by atoms with E-state index in [9.17, 15) is 4.79 Å². The van der Waals surface area contributed by atoms with Crippen LogP contribution in [-0.4, -0.2) is 36.8 Å². The lowest BCUT2D eigenvalue weighted by atomic mass is 9.89. The van der Waals surface area contributed by atoms with Crippen LogP contribution in [-0.2, 0) is 11.2 Å². The van der Waals surface area contributed by atoms with Gasteiger partial charge in [-0.1, -0.05) is 24.3 Å². The van der Waals surface area contributed by atoms with Crippen LogP contribution < -0.4 is 4.74 Å². The largest absolute Gasteiger partial charge is 0.497 e. The molecular formula is C22H29NO3. The lowest BCUT2D eigenvalue weighted by molar-refractivity contribution is 0.0184. The third-order valence-corrected chi connectivity index (χ3v) is 4.90. The molecule has 1 aliphatic heterocycles. The Balaban J connectivity index is 1.57. The number of rotatable bonds is 3. The molecule has 1 aliphatic rings. The highest BCUT2D eigenvalue weighted by Crippen LogP contribution is 2.26. The van der Waals surface area contributed by atoms with Crippen molar-refractivity contribution in [3.05, 3.63) is 42.0 Å². The van der Waals surface area contributed by atoms with Crippen LogP contribution in [0.3, 0.4) is 0 Å². The van der Waals surface area contributed by atoms with Gasteiger partial charge in [0.1, 0.15) is 11.4 Å². The van der Waals surface area contributed by atoms with E-state index in [1.165, 1.54) is 16.3 Å². The smallest absolute Gasteiger partial charge is 0.410 e. The minimum atomic E-state index is -0.429. The number of likely N-dealkylation sites (tertiary alicyclic amines) is 1. The van der Waals surface area contributed by atoms with E-state index in [-0.39, 0.29) is 6.09 Å². The number of ether oxygens (including phenoxy) is 2. The molecule has 3 rings (SSSR count). The van der Waals surface area contributed by atoms with E-state index in [1.54, 1.807) is 7.11 Å². The SMILES string of the molecule is COc1ccc2cc(CC3CCN(C(=O)OC(C)(C)C)CC3)ccc2c1. The Kier molecular flexibility index (Phi) is 5.40. The summed E-state index contributed by atoms with van der Waals surface area (Å²) in [5.41, 5.74) is 0.931. The van der Waals surface area contributed by atoms with Crippen molar-refractivity contribution in [2.45, 2.75) is 45.6 Å². The quantitative estimate of drug-likeness (QED) is 0.774. The van der Waals surface area contributed by atoms with Crippen LogP contribution in [0.25, 0.3) is 10.8 Å². The molecule has 26 heavy (non-hydrogen) atoms. The number of benzene rings is 2. The lowest BCUT2D eigenvalue weighted by Gasteiger charge is -2.33. The fourth-order valence-electron chi connectivity index (χ4n) is 3.51. The molecule has 0 saturated carbocycles. The van der Waals surface area contributed by atoms with Gasteiger partial charge in [-0.25, -0.2) is 4.79 Å². The van der Waals surface area contributed by atoms with Crippen LogP contribution in [0.2, 0.25) is 0 Å². The normalized spacial score (nSPS) is 15.9. The topological polar surface area (TPSA) is 38.8 Å². The molecule has 0 N–H and O–H groups in total. The average Bonchev–Trinajstić information content (AvgIpc) is 2.60. The summed E-state index contributed by atoms with van der Waals surface area (Å²) >= 11 is 0. The van der Waals surface area contributed by atoms with Crippen molar-refractivity contribution in [3.63, 3.8) is 0 Å². The van der Waals surface area contributed by atoms with Crippen molar-refractivity contribution in [2.24, 2.45) is 5.92 Å². The van der Waals surface area contributed by atoms with Gasteiger partial charge in [0.15, 0.2) is 0 Å². The first-order valence-corrected chi connectivity index (χ1v) is 9.39. The van der Waals surface area contributed by atoms with Crippen LogP contribution in [0, 0.1) is 5.92 Å². The molecule has 0 aromatic heterocycles. The molecule has 4 heteroatoms. The Bertz CT molecular complexity index is 771. The second kappa shape index (κ2) is 7.56. The number of hydrogen-bond acceptors (Lipinski definition) is 3. The summed E-state index contributed by atoms with van der Waals surface area (Å²) in [5.74, 6) is 1.50. The van der Waals surface area contributed by atoms with Gasteiger partial charge in [-0.05, 0) is 74.4 Å². The van der Waals surface area contributed by atoms with Crippen LogP contribution in [0.15, 0.2) is 36.4 Å². The molecule has 1 amide bonds. The van der Waals surface area contributed by atoms with Gasteiger partial charge in [0, 0.05) is 13.1 Å². The Morgan fingerprint density at radius 3 is 2.38 bits per heavy atom. The van der Waals surface area contributed by atoms with E-state index in [2.05, 4.69) is 30.3 Å². The second-order valence-electron chi connectivity index (χ2n) is 8.16. The number of carbonyl (C=O) groups is 1. The molecule has 2 aromatic carbocycles. The summed E-state index contributed by atoms with van der Waals surface area (Å²) in [6.07, 6.45) is 2.93. The average molecular weight is 355 g/mol. The number of methoxy groups -OCH3 is 1. The van der Waals surface area contributed by atoms with Crippen molar-refractivity contribution in [2.75, 3.05) is 20.2 Å². The predicted molar refractivity (Wildman–Crippen MR) is 105 cm³/mol. The van der Waals surface area contributed by atoms with Crippen molar-refractivity contribution in [3.8, 4) is 5.75 Å². The molecule has 1 saturated heterocycles. The maximum atomic E-state index is 12.2. The first-order valence-electron chi connectivity index (χ1n) is 9.39. The van der Waals surface area contributed by atoms with Gasteiger partial charge >= 0.3 is 6.09 Å². The van der Waals surface area contributed by atoms with Gasteiger partial charge in [-0.15, -0.1) is 0 Å². The number of carbonyl (C=O) groups excluding carboxylic acids is 1. The standard InChI is InChI=1S/C22H29NO3/c1-22(2,3)26-21(24)23-11-9-16(10-12-23)13-17-5-6-19-15-20(25-4)8-7-18(19)14-17/h5-8,14-16H,9-13H2,1-4H3. The van der Waals surface area contributed by atoms with Gasteiger partial charge in [-0.3, -0.25) is 0 Å². The zero-order valence-electron chi connectivity index (χ0n) is 16.2. The van der Waals surface area contributed by atoms with Crippen LogP contribution in [0.5, 0.6) is 5.75 Å². The summed E-state index contributed by atoms with van der Waals surface area (Å²) in [6.45, 7) is 7.29. The number of nitrogens with zero attached hydrogens (tertiary/aromatic N) is 1. The number of hydrogen-bond donors (Lipinski definition) is 0. The minimum absolute atomic E-state index is 0.185. The van der Waals surface area contributed by atoms with Gasteiger partial charge < -0.3 is 14.4 Å². The molecule has 0 aliphatic carbocycles. The molecule has 0 atom stereocenters. The van der Waals surface area contributed by atoms with E-state index < -0.39 is 5.60 Å². The minimum Gasteiger partial charge on any atom is -0.497 e. The lowest BCUT2D eigenvalue weighted by Crippen LogP contribution is -2.42. The molecular weight excluding hydrogens is 326 g/mol. The van der Waals surface area contributed by atoms with E-state index >= 15 is 0 Å². The number of piperidine rings is 1. The van der Waals surface area contributed by atoms with Crippen LogP contribution in [0.1, 0.15) is 39.2 Å². The summed E-state index contributed by atoms with van der Waals surface area (Å²) in [7, 11) is 1.69. The Labute approximate surface area is 156 Å². The van der Waals surface area contributed by atoms with Crippen LogP contribution in [0.4, 0.5) is 4.79 Å². The molecule has 0 radical (unpaired) electrons. The maximum absolute atomic E-state index is 12.2. The monoisotopic (exact) mass is 355 g/mol. The van der Waals surface area contributed by atoms with Gasteiger partial charge in [-0.2, -0.15) is 0 Å².